The maximum Gasteiger partial charge on any atom is 0.294 e. The number of benzene rings is 1. The van der Waals surface area contributed by atoms with Gasteiger partial charge in [0.2, 0.25) is 10.0 Å². The SMILES string of the molecule is CS(=O)(=O)Nc1cc(S(=O)(=O)O)ccc1Cl. The van der Waals surface area contributed by atoms with Gasteiger partial charge in [-0.15, -0.1) is 0 Å². The van der Waals surface area contributed by atoms with Crippen molar-refractivity contribution in [3.05, 3.63) is 23.2 Å². The van der Waals surface area contributed by atoms with E-state index in [1.165, 1.54) is 0 Å². The molecular weight excluding hydrogens is 278 g/mol. The van der Waals surface area contributed by atoms with Crippen LogP contribution in [0.25, 0.3) is 0 Å². The van der Waals surface area contributed by atoms with Gasteiger partial charge in [-0.3, -0.25) is 9.27 Å². The van der Waals surface area contributed by atoms with Crippen LogP contribution >= 0.6 is 11.6 Å². The molecule has 0 aliphatic carbocycles. The summed E-state index contributed by atoms with van der Waals surface area (Å²) in [5.74, 6) is 0. The molecule has 90 valence electrons. The predicted molar refractivity (Wildman–Crippen MR) is 59.7 cm³/mol. The van der Waals surface area contributed by atoms with Crippen molar-refractivity contribution in [1.29, 1.82) is 0 Å². The molecule has 0 spiro atoms. The molecule has 1 rings (SSSR count). The van der Waals surface area contributed by atoms with E-state index in [1.54, 1.807) is 0 Å². The molecule has 1 aromatic rings. The van der Waals surface area contributed by atoms with Crippen LogP contribution in [0.3, 0.4) is 0 Å². The lowest BCUT2D eigenvalue weighted by Crippen LogP contribution is -2.10. The summed E-state index contributed by atoms with van der Waals surface area (Å²) in [6, 6.07) is 3.15. The third kappa shape index (κ3) is 3.63. The maximum absolute atomic E-state index is 10.9. The fourth-order valence-electron chi connectivity index (χ4n) is 0.943. The lowest BCUT2D eigenvalue weighted by molar-refractivity contribution is 0.483. The van der Waals surface area contributed by atoms with Gasteiger partial charge in [0.25, 0.3) is 10.1 Å². The van der Waals surface area contributed by atoms with E-state index in [4.69, 9.17) is 16.2 Å². The second-order valence-corrected chi connectivity index (χ2v) is 6.57. The Balaban J connectivity index is 3.31. The molecule has 16 heavy (non-hydrogen) atoms. The highest BCUT2D eigenvalue weighted by molar-refractivity contribution is 7.92. The Morgan fingerprint density at radius 3 is 2.25 bits per heavy atom. The van der Waals surface area contributed by atoms with Gasteiger partial charge in [-0.1, -0.05) is 11.6 Å². The molecule has 1 aromatic carbocycles. The first-order valence-corrected chi connectivity index (χ1v) is 7.55. The van der Waals surface area contributed by atoms with Crippen LogP contribution in [0.4, 0.5) is 5.69 Å². The van der Waals surface area contributed by atoms with Crippen molar-refractivity contribution >= 4 is 37.4 Å². The summed E-state index contributed by atoms with van der Waals surface area (Å²) < 4.78 is 54.2. The third-order valence-corrected chi connectivity index (χ3v) is 3.30. The van der Waals surface area contributed by atoms with Crippen LogP contribution in [0.2, 0.25) is 5.02 Å². The van der Waals surface area contributed by atoms with Gasteiger partial charge < -0.3 is 0 Å². The first-order valence-electron chi connectivity index (χ1n) is 3.84. The van der Waals surface area contributed by atoms with Crippen LogP contribution in [0.1, 0.15) is 0 Å². The quantitative estimate of drug-likeness (QED) is 0.806. The second-order valence-electron chi connectivity index (χ2n) is 2.99. The summed E-state index contributed by atoms with van der Waals surface area (Å²) in [6.07, 6.45) is 0.892. The Labute approximate surface area is 98.0 Å². The Morgan fingerprint density at radius 2 is 1.81 bits per heavy atom. The minimum absolute atomic E-state index is 0.0258. The summed E-state index contributed by atoms with van der Waals surface area (Å²) >= 11 is 5.65. The lowest BCUT2D eigenvalue weighted by atomic mass is 10.3. The van der Waals surface area contributed by atoms with Gasteiger partial charge in [-0.05, 0) is 18.2 Å². The largest absolute Gasteiger partial charge is 0.294 e. The summed E-state index contributed by atoms with van der Waals surface area (Å²) in [5.41, 5.74) is -0.112. The topological polar surface area (TPSA) is 101 Å². The van der Waals surface area contributed by atoms with Crippen molar-refractivity contribution in [3.63, 3.8) is 0 Å². The van der Waals surface area contributed by atoms with Crippen LogP contribution in [0.15, 0.2) is 23.1 Å². The normalized spacial score (nSPS) is 12.4. The van der Waals surface area contributed by atoms with E-state index in [-0.39, 0.29) is 10.7 Å². The molecule has 0 bridgehead atoms. The highest BCUT2D eigenvalue weighted by atomic mass is 35.5. The molecule has 0 aliphatic rings. The van der Waals surface area contributed by atoms with Crippen LogP contribution in [0, 0.1) is 0 Å². The summed E-state index contributed by atoms with van der Waals surface area (Å²) in [6.45, 7) is 0. The molecule has 9 heteroatoms. The van der Waals surface area contributed by atoms with Crippen molar-refractivity contribution < 1.29 is 21.4 Å². The standard InChI is InChI=1S/C7H8ClNO5S2/c1-15(10,11)9-7-4-5(16(12,13)14)2-3-6(7)8/h2-4,9H,1H3,(H,12,13,14). The van der Waals surface area contributed by atoms with Crippen LogP contribution in [0.5, 0.6) is 0 Å². The number of nitrogens with one attached hydrogen (secondary N) is 1. The average molecular weight is 286 g/mol. The van der Waals surface area contributed by atoms with Crippen molar-refractivity contribution in [2.75, 3.05) is 11.0 Å². The maximum atomic E-state index is 10.9. The van der Waals surface area contributed by atoms with Gasteiger partial charge in [-0.2, -0.15) is 8.42 Å². The van der Waals surface area contributed by atoms with Crippen LogP contribution in [-0.4, -0.2) is 27.6 Å². The highest BCUT2D eigenvalue weighted by Gasteiger charge is 2.13. The first-order chi connectivity index (χ1) is 7.09. The average Bonchev–Trinajstić information content (AvgIpc) is 2.04. The summed E-state index contributed by atoms with van der Waals surface area (Å²) in [5, 5.41) is 0.0258. The third-order valence-electron chi connectivity index (χ3n) is 1.53. The molecule has 0 heterocycles. The van der Waals surface area contributed by atoms with E-state index < -0.39 is 25.0 Å². The van der Waals surface area contributed by atoms with Gasteiger partial charge in [0, 0.05) is 0 Å². The molecule has 0 atom stereocenters. The Bertz CT molecular complexity index is 608. The predicted octanol–water partition coefficient (Wildman–Crippen LogP) is 0.958. The zero-order chi connectivity index (χ0) is 12.6. The van der Waals surface area contributed by atoms with Crippen LogP contribution in [-0.2, 0) is 20.1 Å². The number of anilines is 1. The van der Waals surface area contributed by atoms with Gasteiger partial charge in [0.15, 0.2) is 0 Å². The van der Waals surface area contributed by atoms with Crippen LogP contribution < -0.4 is 4.72 Å². The molecule has 0 fully saturated rings. The number of halogens is 1. The van der Waals surface area contributed by atoms with Crippen molar-refractivity contribution in [2.24, 2.45) is 0 Å². The van der Waals surface area contributed by atoms with E-state index in [0.29, 0.717) is 0 Å². The molecule has 0 aliphatic heterocycles. The molecule has 2 N–H and O–H groups in total. The first kappa shape index (κ1) is 13.2. The Hall–Kier alpha value is -0.830. The zero-order valence-corrected chi connectivity index (χ0v) is 10.4. The molecule has 0 aromatic heterocycles. The van der Waals surface area contributed by atoms with Crippen molar-refractivity contribution in [2.45, 2.75) is 4.90 Å². The van der Waals surface area contributed by atoms with E-state index in [0.717, 1.165) is 24.5 Å². The van der Waals surface area contributed by atoms with Gasteiger partial charge in [0.1, 0.15) is 0 Å². The van der Waals surface area contributed by atoms with Gasteiger partial charge in [-0.25, -0.2) is 8.42 Å². The van der Waals surface area contributed by atoms with E-state index >= 15 is 0 Å². The van der Waals surface area contributed by atoms with Crippen molar-refractivity contribution in [1.82, 2.24) is 0 Å². The number of hydrogen-bond donors (Lipinski definition) is 2. The smallest absolute Gasteiger partial charge is 0.282 e. The Kier molecular flexibility index (Phi) is 3.48. The summed E-state index contributed by atoms with van der Waals surface area (Å²) in [7, 11) is -7.96. The van der Waals surface area contributed by atoms with Crippen molar-refractivity contribution in [3.8, 4) is 0 Å². The molecule has 6 nitrogen and oxygen atoms in total. The monoisotopic (exact) mass is 285 g/mol. The fraction of sp³-hybridized carbons (Fsp3) is 0.143. The molecule has 0 saturated carbocycles. The number of sulfonamides is 1. The minimum Gasteiger partial charge on any atom is -0.282 e. The molecule has 0 saturated heterocycles. The van der Waals surface area contributed by atoms with E-state index in [2.05, 4.69) is 0 Å². The van der Waals surface area contributed by atoms with Gasteiger partial charge in [0.05, 0.1) is 21.9 Å². The van der Waals surface area contributed by atoms with E-state index in [1.807, 2.05) is 4.72 Å². The molecule has 0 radical (unpaired) electrons. The summed E-state index contributed by atoms with van der Waals surface area (Å²) in [4.78, 5) is -0.442. The molecular formula is C7H8ClNO5S2. The second kappa shape index (κ2) is 4.21. The number of rotatable bonds is 3. The number of hydrogen-bond acceptors (Lipinski definition) is 4. The Morgan fingerprint density at radius 1 is 1.25 bits per heavy atom. The molecule has 0 amide bonds. The van der Waals surface area contributed by atoms with Gasteiger partial charge >= 0.3 is 0 Å². The fourth-order valence-corrected chi connectivity index (χ4v) is 2.24. The molecule has 0 unspecified atom stereocenters. The highest BCUT2D eigenvalue weighted by Crippen LogP contribution is 2.25. The van der Waals surface area contributed by atoms with E-state index in [9.17, 15) is 16.8 Å². The lowest BCUT2D eigenvalue weighted by Gasteiger charge is -2.07. The minimum atomic E-state index is -4.39. The zero-order valence-electron chi connectivity index (χ0n) is 8.01.